The van der Waals surface area contributed by atoms with E-state index in [4.69, 9.17) is 5.11 Å². The summed E-state index contributed by atoms with van der Waals surface area (Å²) in [6.07, 6.45) is 1.30. The number of piperidine rings is 1. The first-order valence-electron chi connectivity index (χ1n) is 6.30. The van der Waals surface area contributed by atoms with Crippen molar-refractivity contribution in [3.8, 4) is 5.75 Å². The second kappa shape index (κ2) is 5.30. The standard InChI is InChI=1S/C14H17NO4/c1-9-4-5-10(7-12(9)16)13(17)15-6-2-3-11(8-15)14(18)19/h4-5,7,11,16H,2-3,6,8H2,1H3,(H,18,19)/t11-/m1/s1. The van der Waals surface area contributed by atoms with Crippen LogP contribution in [0.3, 0.4) is 0 Å². The van der Waals surface area contributed by atoms with Crippen molar-refractivity contribution in [3.05, 3.63) is 29.3 Å². The molecule has 1 aliphatic rings. The summed E-state index contributed by atoms with van der Waals surface area (Å²) in [5.74, 6) is -1.49. The molecule has 0 aliphatic carbocycles. The Morgan fingerprint density at radius 1 is 1.37 bits per heavy atom. The van der Waals surface area contributed by atoms with E-state index >= 15 is 0 Å². The minimum atomic E-state index is -0.857. The lowest BCUT2D eigenvalue weighted by molar-refractivity contribution is -0.143. The Labute approximate surface area is 111 Å². The summed E-state index contributed by atoms with van der Waals surface area (Å²) in [6.45, 7) is 2.56. The number of carboxylic acids is 1. The van der Waals surface area contributed by atoms with Crippen LogP contribution in [0.5, 0.6) is 5.75 Å². The molecule has 0 radical (unpaired) electrons. The summed E-state index contributed by atoms with van der Waals surface area (Å²) < 4.78 is 0. The summed E-state index contributed by atoms with van der Waals surface area (Å²) in [5.41, 5.74) is 1.10. The molecule has 19 heavy (non-hydrogen) atoms. The van der Waals surface area contributed by atoms with Crippen LogP contribution in [0.25, 0.3) is 0 Å². The Balaban J connectivity index is 2.14. The van der Waals surface area contributed by atoms with E-state index in [-0.39, 0.29) is 18.2 Å². The Bertz CT molecular complexity index is 512. The molecule has 0 unspecified atom stereocenters. The van der Waals surface area contributed by atoms with E-state index in [9.17, 15) is 14.7 Å². The average molecular weight is 263 g/mol. The van der Waals surface area contributed by atoms with Gasteiger partial charge in [0.05, 0.1) is 5.92 Å². The molecule has 1 aliphatic heterocycles. The molecular weight excluding hydrogens is 246 g/mol. The largest absolute Gasteiger partial charge is 0.508 e. The van der Waals surface area contributed by atoms with E-state index in [0.29, 0.717) is 30.5 Å². The molecule has 5 heteroatoms. The number of carbonyl (C=O) groups is 2. The molecule has 5 nitrogen and oxygen atoms in total. The van der Waals surface area contributed by atoms with Gasteiger partial charge in [-0.25, -0.2) is 0 Å². The van der Waals surface area contributed by atoms with Crippen LogP contribution in [0, 0.1) is 12.8 Å². The number of carbonyl (C=O) groups excluding carboxylic acids is 1. The number of aryl methyl sites for hydroxylation is 1. The molecule has 2 rings (SSSR count). The number of benzene rings is 1. The number of phenols is 1. The van der Waals surface area contributed by atoms with Gasteiger partial charge in [0, 0.05) is 18.7 Å². The molecule has 1 saturated heterocycles. The summed E-state index contributed by atoms with van der Waals surface area (Å²) in [5, 5.41) is 18.6. The van der Waals surface area contributed by atoms with Gasteiger partial charge in [-0.2, -0.15) is 0 Å². The molecule has 1 heterocycles. The number of likely N-dealkylation sites (tertiary alicyclic amines) is 1. The van der Waals surface area contributed by atoms with Crippen molar-refractivity contribution in [2.45, 2.75) is 19.8 Å². The highest BCUT2D eigenvalue weighted by Crippen LogP contribution is 2.22. The molecule has 1 aromatic rings. The van der Waals surface area contributed by atoms with Crippen LogP contribution >= 0.6 is 0 Å². The number of aromatic hydroxyl groups is 1. The predicted octanol–water partition coefficient (Wildman–Crippen LogP) is 1.64. The molecule has 1 aromatic carbocycles. The summed E-state index contributed by atoms with van der Waals surface area (Å²) in [4.78, 5) is 24.8. The quantitative estimate of drug-likeness (QED) is 0.850. The van der Waals surface area contributed by atoms with Crippen LogP contribution in [-0.2, 0) is 4.79 Å². The van der Waals surface area contributed by atoms with Crippen molar-refractivity contribution in [2.24, 2.45) is 5.92 Å². The Morgan fingerprint density at radius 2 is 2.11 bits per heavy atom. The van der Waals surface area contributed by atoms with Crippen LogP contribution in [0.2, 0.25) is 0 Å². The van der Waals surface area contributed by atoms with Crippen LogP contribution in [0.4, 0.5) is 0 Å². The third-order valence-electron chi connectivity index (χ3n) is 3.51. The van der Waals surface area contributed by atoms with Crippen LogP contribution < -0.4 is 0 Å². The van der Waals surface area contributed by atoms with E-state index in [0.717, 1.165) is 0 Å². The minimum absolute atomic E-state index is 0.0812. The minimum Gasteiger partial charge on any atom is -0.508 e. The van der Waals surface area contributed by atoms with E-state index in [1.165, 1.54) is 6.07 Å². The zero-order valence-corrected chi connectivity index (χ0v) is 10.8. The smallest absolute Gasteiger partial charge is 0.308 e. The normalized spacial score (nSPS) is 19.2. The van der Waals surface area contributed by atoms with Gasteiger partial charge in [0.1, 0.15) is 5.75 Å². The maximum atomic E-state index is 12.3. The maximum absolute atomic E-state index is 12.3. The summed E-state index contributed by atoms with van der Waals surface area (Å²) in [7, 11) is 0. The number of carboxylic acid groups (broad SMARTS) is 1. The number of nitrogens with zero attached hydrogens (tertiary/aromatic N) is 1. The van der Waals surface area contributed by atoms with Gasteiger partial charge in [0.25, 0.3) is 5.91 Å². The second-order valence-electron chi connectivity index (χ2n) is 4.93. The third kappa shape index (κ3) is 2.86. The number of hydrogen-bond acceptors (Lipinski definition) is 3. The van der Waals surface area contributed by atoms with Gasteiger partial charge in [0.2, 0.25) is 0 Å². The highest BCUT2D eigenvalue weighted by atomic mass is 16.4. The Hall–Kier alpha value is -2.04. The van der Waals surface area contributed by atoms with Gasteiger partial charge in [-0.15, -0.1) is 0 Å². The summed E-state index contributed by atoms with van der Waals surface area (Å²) >= 11 is 0. The van der Waals surface area contributed by atoms with Gasteiger partial charge in [0.15, 0.2) is 0 Å². The van der Waals surface area contributed by atoms with E-state index in [1.54, 1.807) is 24.0 Å². The van der Waals surface area contributed by atoms with Crippen LogP contribution in [-0.4, -0.2) is 40.1 Å². The van der Waals surface area contributed by atoms with Gasteiger partial charge >= 0.3 is 5.97 Å². The molecule has 0 saturated carbocycles. The molecule has 2 N–H and O–H groups in total. The van der Waals surface area contributed by atoms with Gasteiger partial charge in [-0.1, -0.05) is 6.07 Å². The number of phenolic OH excluding ortho intramolecular Hbond substituents is 1. The average Bonchev–Trinajstić information content (AvgIpc) is 2.41. The SMILES string of the molecule is Cc1ccc(C(=O)N2CCC[C@@H](C(=O)O)C2)cc1O. The lowest BCUT2D eigenvalue weighted by atomic mass is 9.97. The van der Waals surface area contributed by atoms with Gasteiger partial charge < -0.3 is 15.1 Å². The molecule has 1 amide bonds. The number of amides is 1. The van der Waals surface area contributed by atoms with E-state index in [1.807, 2.05) is 0 Å². The van der Waals surface area contributed by atoms with Crippen molar-refractivity contribution < 1.29 is 19.8 Å². The molecule has 1 fully saturated rings. The first-order chi connectivity index (χ1) is 8.99. The second-order valence-corrected chi connectivity index (χ2v) is 4.93. The van der Waals surface area contributed by atoms with E-state index < -0.39 is 11.9 Å². The zero-order chi connectivity index (χ0) is 14.0. The third-order valence-corrected chi connectivity index (χ3v) is 3.51. The maximum Gasteiger partial charge on any atom is 0.308 e. The van der Waals surface area contributed by atoms with Crippen molar-refractivity contribution in [2.75, 3.05) is 13.1 Å². The number of aliphatic carboxylic acids is 1. The molecule has 0 aromatic heterocycles. The lowest BCUT2D eigenvalue weighted by Crippen LogP contribution is -2.42. The van der Waals surface area contributed by atoms with Crippen molar-refractivity contribution in [3.63, 3.8) is 0 Å². The molecule has 0 bridgehead atoms. The monoisotopic (exact) mass is 263 g/mol. The number of hydrogen-bond donors (Lipinski definition) is 2. The first kappa shape index (κ1) is 13.4. The topological polar surface area (TPSA) is 77.8 Å². The zero-order valence-electron chi connectivity index (χ0n) is 10.8. The highest BCUT2D eigenvalue weighted by molar-refractivity contribution is 5.95. The molecule has 0 spiro atoms. The van der Waals surface area contributed by atoms with Crippen molar-refractivity contribution >= 4 is 11.9 Å². The van der Waals surface area contributed by atoms with Gasteiger partial charge in [-0.05, 0) is 37.5 Å². The van der Waals surface area contributed by atoms with Crippen LogP contribution in [0.15, 0.2) is 18.2 Å². The lowest BCUT2D eigenvalue weighted by Gasteiger charge is -2.30. The van der Waals surface area contributed by atoms with Crippen molar-refractivity contribution in [1.82, 2.24) is 4.90 Å². The number of rotatable bonds is 2. The fourth-order valence-electron chi connectivity index (χ4n) is 2.29. The first-order valence-corrected chi connectivity index (χ1v) is 6.30. The predicted molar refractivity (Wildman–Crippen MR) is 69.1 cm³/mol. The summed E-state index contributed by atoms with van der Waals surface area (Å²) in [6, 6.07) is 4.77. The van der Waals surface area contributed by atoms with Gasteiger partial charge in [-0.3, -0.25) is 9.59 Å². The van der Waals surface area contributed by atoms with Crippen LogP contribution in [0.1, 0.15) is 28.8 Å². The van der Waals surface area contributed by atoms with E-state index in [2.05, 4.69) is 0 Å². The fourth-order valence-corrected chi connectivity index (χ4v) is 2.29. The Kier molecular flexibility index (Phi) is 3.74. The molecular formula is C14H17NO4. The van der Waals surface area contributed by atoms with Crippen molar-refractivity contribution in [1.29, 1.82) is 0 Å². The molecule has 102 valence electrons. The highest BCUT2D eigenvalue weighted by Gasteiger charge is 2.28. The fraction of sp³-hybridized carbons (Fsp3) is 0.429. The molecule has 1 atom stereocenters. The Morgan fingerprint density at radius 3 is 2.74 bits per heavy atom.